The van der Waals surface area contributed by atoms with Crippen LogP contribution in [0.5, 0.6) is 0 Å². The molecule has 0 bridgehead atoms. The van der Waals surface area contributed by atoms with Gasteiger partial charge in [0.1, 0.15) is 42.9 Å². The number of fused-ring (bicyclic) bond motifs is 1. The maximum Gasteiger partial charge on any atom is 0.352 e. The average Bonchev–Trinajstić information content (AvgIpc) is 3.47. The fraction of sp³-hybridized carbons (Fsp3) is 0.579. The molecule has 2 aliphatic rings. The van der Waals surface area contributed by atoms with E-state index in [9.17, 15) is 25.3 Å². The van der Waals surface area contributed by atoms with E-state index in [-0.39, 0.29) is 23.1 Å². The van der Waals surface area contributed by atoms with Gasteiger partial charge in [-0.2, -0.15) is 10.5 Å². The zero-order chi connectivity index (χ0) is 23.8. The standard InChI is InChI=1S/C19H23N6O7P/c1-33(28,29)32-30-9-12-15(26)16(27)19(31-12)25-8-10(6-20)14-17(22-11-4-2-3-5-11)23-13(7-21)24-18(14)25/h8,11-12,15-16,19,26-27H,2-5,9H2,1H3,(H,28,29)(H,22,23,24)/t12-,15-,16-,19-/m1/s1. The van der Waals surface area contributed by atoms with E-state index in [2.05, 4.69) is 30.9 Å². The normalized spacial score (nSPS) is 27.3. The molecule has 5 atom stereocenters. The Morgan fingerprint density at radius 2 is 2.00 bits per heavy atom. The summed E-state index contributed by atoms with van der Waals surface area (Å²) in [4.78, 5) is 22.3. The van der Waals surface area contributed by atoms with Crippen LogP contribution in [-0.2, 0) is 18.9 Å². The summed E-state index contributed by atoms with van der Waals surface area (Å²) in [6.45, 7) is 0.486. The number of nitrogens with one attached hydrogen (secondary N) is 1. The quantitative estimate of drug-likeness (QED) is 0.250. The van der Waals surface area contributed by atoms with Gasteiger partial charge in [-0.25, -0.2) is 14.9 Å². The minimum absolute atomic E-state index is 0.130. The second kappa shape index (κ2) is 9.33. The van der Waals surface area contributed by atoms with Crippen molar-refractivity contribution in [2.45, 2.75) is 56.3 Å². The lowest BCUT2D eigenvalue weighted by atomic mass is 10.1. The molecule has 2 fully saturated rings. The zero-order valence-electron chi connectivity index (χ0n) is 17.7. The van der Waals surface area contributed by atoms with E-state index in [1.807, 2.05) is 6.07 Å². The van der Waals surface area contributed by atoms with E-state index >= 15 is 0 Å². The average molecular weight is 478 g/mol. The zero-order valence-corrected chi connectivity index (χ0v) is 18.6. The fourth-order valence-electron chi connectivity index (χ4n) is 4.14. The van der Waals surface area contributed by atoms with Crippen molar-refractivity contribution >= 4 is 24.4 Å². The van der Waals surface area contributed by atoms with Crippen LogP contribution in [-0.4, -0.2) is 67.3 Å². The lowest BCUT2D eigenvalue weighted by Gasteiger charge is -2.18. The largest absolute Gasteiger partial charge is 0.387 e. The van der Waals surface area contributed by atoms with Crippen molar-refractivity contribution in [2.75, 3.05) is 18.6 Å². The van der Waals surface area contributed by atoms with Crippen molar-refractivity contribution in [3.63, 3.8) is 0 Å². The van der Waals surface area contributed by atoms with Crippen LogP contribution in [0, 0.1) is 22.7 Å². The van der Waals surface area contributed by atoms with Crippen LogP contribution in [0.3, 0.4) is 0 Å². The molecular formula is C19H23N6O7P. The van der Waals surface area contributed by atoms with Gasteiger partial charge in [0.15, 0.2) is 11.9 Å². The summed E-state index contributed by atoms with van der Waals surface area (Å²) < 4.78 is 22.6. The van der Waals surface area contributed by atoms with E-state index in [0.717, 1.165) is 32.3 Å². The van der Waals surface area contributed by atoms with Crippen LogP contribution >= 0.6 is 7.60 Å². The Bertz CT molecular complexity index is 1160. The molecule has 1 aliphatic heterocycles. The van der Waals surface area contributed by atoms with Crippen molar-refractivity contribution in [1.29, 1.82) is 10.5 Å². The van der Waals surface area contributed by atoms with E-state index in [1.165, 1.54) is 10.8 Å². The Hall–Kier alpha value is -2.61. The molecule has 4 rings (SSSR count). The van der Waals surface area contributed by atoms with Gasteiger partial charge in [0.05, 0.1) is 10.9 Å². The van der Waals surface area contributed by atoms with E-state index in [0.29, 0.717) is 11.2 Å². The molecule has 14 heteroatoms. The van der Waals surface area contributed by atoms with Gasteiger partial charge >= 0.3 is 7.60 Å². The number of nitrogens with zero attached hydrogens (tertiary/aromatic N) is 5. The van der Waals surface area contributed by atoms with Crippen molar-refractivity contribution in [3.8, 4) is 12.1 Å². The molecule has 0 aromatic carbocycles. The van der Waals surface area contributed by atoms with Crippen molar-refractivity contribution in [3.05, 3.63) is 17.6 Å². The first-order valence-corrected chi connectivity index (χ1v) is 12.4. The summed E-state index contributed by atoms with van der Waals surface area (Å²) in [6, 6.07) is 4.14. The van der Waals surface area contributed by atoms with Gasteiger partial charge < -0.3 is 29.7 Å². The molecule has 13 nitrogen and oxygen atoms in total. The van der Waals surface area contributed by atoms with Gasteiger partial charge in [-0.15, -0.1) is 4.67 Å². The monoisotopic (exact) mass is 478 g/mol. The van der Waals surface area contributed by atoms with Crippen molar-refractivity contribution in [2.24, 2.45) is 0 Å². The predicted octanol–water partition coefficient (Wildman–Crippen LogP) is 0.912. The third kappa shape index (κ3) is 4.86. The van der Waals surface area contributed by atoms with Crippen LogP contribution in [0.25, 0.3) is 11.0 Å². The first-order valence-electron chi connectivity index (χ1n) is 10.3. The van der Waals surface area contributed by atoms with E-state index in [1.54, 1.807) is 0 Å². The number of rotatable bonds is 7. The molecule has 176 valence electrons. The molecule has 1 aliphatic carbocycles. The number of aromatic nitrogens is 3. The minimum Gasteiger partial charge on any atom is -0.387 e. The Balaban J connectivity index is 1.68. The highest BCUT2D eigenvalue weighted by atomic mass is 31.2. The van der Waals surface area contributed by atoms with Gasteiger partial charge in [-0.3, -0.25) is 4.57 Å². The molecular weight excluding hydrogens is 455 g/mol. The number of aliphatic hydroxyl groups is 2. The van der Waals surface area contributed by atoms with E-state index in [4.69, 9.17) is 9.63 Å². The first kappa shape index (κ1) is 23.5. The highest BCUT2D eigenvalue weighted by molar-refractivity contribution is 7.51. The molecule has 0 radical (unpaired) electrons. The molecule has 2 aromatic rings. The molecule has 33 heavy (non-hydrogen) atoms. The molecule has 4 N–H and O–H groups in total. The van der Waals surface area contributed by atoms with Crippen molar-refractivity contribution < 1.29 is 34.0 Å². The third-order valence-corrected chi connectivity index (χ3v) is 6.01. The molecule has 1 saturated heterocycles. The van der Waals surface area contributed by atoms with Gasteiger partial charge in [-0.1, -0.05) is 12.8 Å². The van der Waals surface area contributed by atoms with Crippen LogP contribution in [0.15, 0.2) is 6.20 Å². The summed E-state index contributed by atoms with van der Waals surface area (Å²) in [5.41, 5.74) is 0.386. The van der Waals surface area contributed by atoms with Gasteiger partial charge in [0.25, 0.3) is 0 Å². The van der Waals surface area contributed by atoms with Crippen LogP contribution in [0.1, 0.15) is 43.3 Å². The molecule has 1 unspecified atom stereocenters. The maximum absolute atomic E-state index is 11.2. The third-order valence-electron chi connectivity index (χ3n) is 5.62. The predicted molar refractivity (Wildman–Crippen MR) is 112 cm³/mol. The van der Waals surface area contributed by atoms with Crippen LogP contribution < -0.4 is 5.32 Å². The topological polar surface area (TPSA) is 196 Å². The Kier molecular flexibility index (Phi) is 6.66. The molecule has 3 heterocycles. The number of hydrogen-bond donors (Lipinski definition) is 4. The number of hydrogen-bond acceptors (Lipinski definition) is 11. The second-order valence-corrected chi connectivity index (χ2v) is 9.86. The summed E-state index contributed by atoms with van der Waals surface area (Å²) >= 11 is 0. The minimum atomic E-state index is -3.91. The number of aliphatic hydroxyl groups excluding tert-OH is 2. The van der Waals surface area contributed by atoms with E-state index < -0.39 is 38.7 Å². The Morgan fingerprint density at radius 3 is 2.64 bits per heavy atom. The smallest absolute Gasteiger partial charge is 0.352 e. The second-order valence-electron chi connectivity index (χ2n) is 8.10. The van der Waals surface area contributed by atoms with Gasteiger partial charge in [-0.05, 0) is 12.8 Å². The number of ether oxygens (including phenoxy) is 1. The molecule has 0 amide bonds. The van der Waals surface area contributed by atoms with Crippen LogP contribution in [0.4, 0.5) is 5.82 Å². The molecule has 1 saturated carbocycles. The lowest BCUT2D eigenvalue weighted by molar-refractivity contribution is -0.238. The molecule has 2 aromatic heterocycles. The fourth-order valence-corrected chi connectivity index (χ4v) is 4.39. The summed E-state index contributed by atoms with van der Waals surface area (Å²) in [5, 5.41) is 43.8. The lowest BCUT2D eigenvalue weighted by Crippen LogP contribution is -2.33. The highest BCUT2D eigenvalue weighted by Crippen LogP contribution is 2.39. The SMILES string of the molecule is CP(=O)(O)OOC[C@H]1O[C@@H](n2cc(C#N)c3c(NC4CCCC4)nc(C#N)nc32)[C@H](O)[C@@H]1O. The maximum atomic E-state index is 11.2. The van der Waals surface area contributed by atoms with Gasteiger partial charge in [0, 0.05) is 18.9 Å². The summed E-state index contributed by atoms with van der Waals surface area (Å²) in [7, 11) is -3.91. The summed E-state index contributed by atoms with van der Waals surface area (Å²) in [6.07, 6.45) is 0.271. The Labute approximate surface area is 188 Å². The van der Waals surface area contributed by atoms with Crippen molar-refractivity contribution in [1.82, 2.24) is 14.5 Å². The number of nitriles is 2. The summed E-state index contributed by atoms with van der Waals surface area (Å²) in [5.74, 6) is 0.219. The van der Waals surface area contributed by atoms with Gasteiger partial charge in [0.2, 0.25) is 5.82 Å². The Morgan fingerprint density at radius 1 is 1.27 bits per heavy atom. The first-order chi connectivity index (χ1) is 15.7. The highest BCUT2D eigenvalue weighted by Gasteiger charge is 2.45. The number of anilines is 1. The van der Waals surface area contributed by atoms with Crippen LogP contribution in [0.2, 0.25) is 0 Å². The molecule has 0 spiro atoms.